The van der Waals surface area contributed by atoms with Crippen LogP contribution in [0.3, 0.4) is 0 Å². The van der Waals surface area contributed by atoms with Crippen molar-refractivity contribution in [1.29, 1.82) is 0 Å². The Hall–Kier alpha value is -3.68. The fourth-order valence-electron chi connectivity index (χ4n) is 3.02. The van der Waals surface area contributed by atoms with E-state index in [0.717, 1.165) is 0 Å². The molecule has 0 atom stereocenters. The number of fused-ring (bicyclic) bond motifs is 2. The van der Waals surface area contributed by atoms with Crippen LogP contribution in [0.25, 0.3) is 22.0 Å². The van der Waals surface area contributed by atoms with Crippen LogP contribution in [-0.4, -0.2) is 20.4 Å². The summed E-state index contributed by atoms with van der Waals surface area (Å²) in [5.74, 6) is 0.301. The molecule has 8 heteroatoms. The lowest BCUT2D eigenvalue weighted by Gasteiger charge is -2.09. The smallest absolute Gasteiger partial charge is 0.328 e. The molecule has 0 aliphatic rings. The Morgan fingerprint density at radius 1 is 1.22 bits per heavy atom. The number of nitrogens with one attached hydrogen (secondary N) is 2. The average Bonchev–Trinajstić information content (AvgIpc) is 3.01. The van der Waals surface area contributed by atoms with E-state index in [2.05, 4.69) is 15.3 Å². The van der Waals surface area contributed by atoms with Crippen LogP contribution in [-0.2, 0) is 11.3 Å². The Kier molecular flexibility index (Phi) is 4.08. The zero-order valence-corrected chi connectivity index (χ0v) is 14.5. The molecular formula is C19H16N4O4. The highest BCUT2D eigenvalue weighted by Crippen LogP contribution is 2.19. The molecular weight excluding hydrogens is 348 g/mol. The molecule has 2 aromatic heterocycles. The van der Waals surface area contributed by atoms with Crippen molar-refractivity contribution < 1.29 is 9.21 Å². The first-order chi connectivity index (χ1) is 13.0. The van der Waals surface area contributed by atoms with E-state index in [9.17, 15) is 14.4 Å². The molecule has 2 aromatic carbocycles. The molecule has 0 spiro atoms. The number of hydrogen-bond acceptors (Lipinski definition) is 5. The van der Waals surface area contributed by atoms with Crippen molar-refractivity contribution in [2.45, 2.75) is 19.9 Å². The molecule has 136 valence electrons. The van der Waals surface area contributed by atoms with Gasteiger partial charge in [-0.2, -0.15) is 0 Å². The summed E-state index contributed by atoms with van der Waals surface area (Å²) in [6.45, 7) is 1.90. The van der Waals surface area contributed by atoms with Crippen LogP contribution in [0, 0.1) is 6.92 Å². The van der Waals surface area contributed by atoms with Crippen LogP contribution in [0.15, 0.2) is 56.5 Å². The van der Waals surface area contributed by atoms with E-state index < -0.39 is 11.2 Å². The number of nitrogens with zero attached hydrogens (tertiary/aromatic N) is 2. The highest BCUT2D eigenvalue weighted by atomic mass is 16.3. The second-order valence-electron chi connectivity index (χ2n) is 6.14. The molecule has 0 aliphatic heterocycles. The molecule has 2 N–H and O–H groups in total. The minimum atomic E-state index is -0.536. The van der Waals surface area contributed by atoms with Crippen LogP contribution >= 0.6 is 0 Å². The number of carbonyl (C=O) groups is 1. The zero-order chi connectivity index (χ0) is 19.0. The number of carbonyl (C=O) groups excluding carboxylic acids is 1. The summed E-state index contributed by atoms with van der Waals surface area (Å²) in [5, 5.41) is 3.19. The topological polar surface area (TPSA) is 110 Å². The standard InChI is InChI=1S/C19H16N4O4/c1-11-20-14-10-12(6-7-16(14)27-11)21-17(24)8-9-23-15-5-3-2-4-13(15)18(25)22-19(23)26/h2-7,10H,8-9H2,1H3,(H,21,24)(H,22,25,26). The number of aryl methyl sites for hydroxylation is 2. The van der Waals surface area contributed by atoms with Crippen molar-refractivity contribution in [1.82, 2.24) is 14.5 Å². The molecule has 8 nitrogen and oxygen atoms in total. The van der Waals surface area contributed by atoms with Gasteiger partial charge in [-0.25, -0.2) is 9.78 Å². The number of H-pyrrole nitrogens is 1. The third kappa shape index (κ3) is 3.24. The van der Waals surface area contributed by atoms with E-state index >= 15 is 0 Å². The van der Waals surface area contributed by atoms with Crippen molar-refractivity contribution in [3.8, 4) is 0 Å². The van der Waals surface area contributed by atoms with E-state index in [1.165, 1.54) is 4.57 Å². The fourth-order valence-corrected chi connectivity index (χ4v) is 3.02. The quantitative estimate of drug-likeness (QED) is 0.577. The molecule has 4 aromatic rings. The number of benzene rings is 2. The Morgan fingerprint density at radius 2 is 2.04 bits per heavy atom. The summed E-state index contributed by atoms with van der Waals surface area (Å²) in [7, 11) is 0. The molecule has 0 saturated carbocycles. The Balaban J connectivity index is 1.53. The number of amides is 1. The highest BCUT2D eigenvalue weighted by molar-refractivity contribution is 5.92. The van der Waals surface area contributed by atoms with Gasteiger partial charge >= 0.3 is 5.69 Å². The van der Waals surface area contributed by atoms with Crippen LogP contribution in [0.2, 0.25) is 0 Å². The minimum absolute atomic E-state index is 0.0752. The van der Waals surface area contributed by atoms with Gasteiger partial charge in [0.15, 0.2) is 11.5 Å². The zero-order valence-electron chi connectivity index (χ0n) is 14.5. The van der Waals surface area contributed by atoms with Crippen LogP contribution in [0.1, 0.15) is 12.3 Å². The predicted molar refractivity (Wildman–Crippen MR) is 101 cm³/mol. The molecule has 2 heterocycles. The van der Waals surface area contributed by atoms with Crippen LogP contribution < -0.4 is 16.6 Å². The SMILES string of the molecule is Cc1nc2cc(NC(=O)CCn3c(=O)[nH]c(=O)c4ccccc43)ccc2o1. The lowest BCUT2D eigenvalue weighted by Crippen LogP contribution is -2.31. The first-order valence-electron chi connectivity index (χ1n) is 8.40. The molecule has 0 fully saturated rings. The fraction of sp³-hybridized carbons (Fsp3) is 0.158. The van der Waals surface area contributed by atoms with E-state index in [0.29, 0.717) is 33.6 Å². The second-order valence-corrected chi connectivity index (χ2v) is 6.14. The third-order valence-electron chi connectivity index (χ3n) is 4.25. The lowest BCUT2D eigenvalue weighted by atomic mass is 10.2. The van der Waals surface area contributed by atoms with Gasteiger partial charge in [0, 0.05) is 25.6 Å². The van der Waals surface area contributed by atoms with Crippen molar-refractivity contribution in [3.63, 3.8) is 0 Å². The van der Waals surface area contributed by atoms with Gasteiger partial charge in [-0.05, 0) is 30.3 Å². The first kappa shape index (κ1) is 16.8. The Labute approximate surface area is 152 Å². The van der Waals surface area contributed by atoms with Crippen LogP contribution in [0.5, 0.6) is 0 Å². The number of hydrogen-bond donors (Lipinski definition) is 2. The monoisotopic (exact) mass is 364 g/mol. The third-order valence-corrected chi connectivity index (χ3v) is 4.25. The summed E-state index contributed by atoms with van der Waals surface area (Å²) in [4.78, 5) is 42.8. The van der Waals surface area contributed by atoms with Gasteiger partial charge in [0.05, 0.1) is 10.9 Å². The van der Waals surface area contributed by atoms with Gasteiger partial charge in [0.2, 0.25) is 5.91 Å². The lowest BCUT2D eigenvalue weighted by molar-refractivity contribution is -0.116. The number of anilines is 1. The number of oxazole rings is 1. The molecule has 4 rings (SSSR count). The summed E-state index contributed by atoms with van der Waals surface area (Å²) in [6.07, 6.45) is 0.0752. The normalized spacial score (nSPS) is 11.1. The van der Waals surface area contributed by atoms with Gasteiger partial charge in [-0.1, -0.05) is 12.1 Å². The minimum Gasteiger partial charge on any atom is -0.441 e. The van der Waals surface area contributed by atoms with Crippen molar-refractivity contribution in [3.05, 3.63) is 69.2 Å². The molecule has 0 saturated heterocycles. The van der Waals surface area contributed by atoms with Gasteiger partial charge in [0.1, 0.15) is 5.52 Å². The summed E-state index contributed by atoms with van der Waals surface area (Å²) >= 11 is 0. The van der Waals surface area contributed by atoms with Crippen molar-refractivity contribution >= 4 is 33.6 Å². The summed E-state index contributed by atoms with van der Waals surface area (Å²) in [5.41, 5.74) is 1.43. The highest BCUT2D eigenvalue weighted by Gasteiger charge is 2.10. The van der Waals surface area contributed by atoms with Crippen molar-refractivity contribution in [2.24, 2.45) is 0 Å². The van der Waals surface area contributed by atoms with Gasteiger partial charge in [-0.15, -0.1) is 0 Å². The summed E-state index contributed by atoms with van der Waals surface area (Å²) in [6, 6.07) is 12.0. The molecule has 0 radical (unpaired) electrons. The van der Waals surface area contributed by atoms with E-state index in [4.69, 9.17) is 4.42 Å². The van der Waals surface area contributed by atoms with Crippen molar-refractivity contribution in [2.75, 3.05) is 5.32 Å². The molecule has 0 unspecified atom stereocenters. The van der Waals surface area contributed by atoms with Gasteiger partial charge < -0.3 is 9.73 Å². The van der Waals surface area contributed by atoms with Crippen LogP contribution in [0.4, 0.5) is 5.69 Å². The molecule has 1 amide bonds. The van der Waals surface area contributed by atoms with E-state index in [1.807, 2.05) is 0 Å². The maximum absolute atomic E-state index is 12.3. The van der Waals surface area contributed by atoms with Gasteiger partial charge in [-0.3, -0.25) is 19.1 Å². The second kappa shape index (κ2) is 6.56. The maximum Gasteiger partial charge on any atom is 0.328 e. The largest absolute Gasteiger partial charge is 0.441 e. The molecule has 0 aliphatic carbocycles. The Bertz CT molecular complexity index is 1280. The van der Waals surface area contributed by atoms with Gasteiger partial charge in [0.25, 0.3) is 5.56 Å². The number of para-hydroxylation sites is 1. The molecule has 0 bridgehead atoms. The number of aromatic nitrogens is 3. The predicted octanol–water partition coefficient (Wildman–Crippen LogP) is 2.17. The summed E-state index contributed by atoms with van der Waals surface area (Å²) < 4.78 is 6.80. The first-order valence-corrected chi connectivity index (χ1v) is 8.40. The van der Waals surface area contributed by atoms with E-state index in [-0.39, 0.29) is 18.9 Å². The average molecular weight is 364 g/mol. The maximum atomic E-state index is 12.3. The Morgan fingerprint density at radius 3 is 2.89 bits per heavy atom. The van der Waals surface area contributed by atoms with E-state index in [1.54, 1.807) is 49.4 Å². The number of aromatic amines is 1. The molecule has 27 heavy (non-hydrogen) atoms. The number of rotatable bonds is 4.